The zero-order valence-electron chi connectivity index (χ0n) is 23.3. The second kappa shape index (κ2) is 11.3. The van der Waals surface area contributed by atoms with Crippen molar-refractivity contribution >= 4 is 5.78 Å². The van der Waals surface area contributed by atoms with Crippen molar-refractivity contribution in [3.8, 4) is 0 Å². The van der Waals surface area contributed by atoms with Crippen molar-refractivity contribution < 1.29 is 18.7 Å². The van der Waals surface area contributed by atoms with Gasteiger partial charge in [-0.1, -0.05) is 46.0 Å². The highest BCUT2D eigenvalue weighted by Gasteiger charge is 2.79. The first kappa shape index (κ1) is 27.1. The highest BCUT2D eigenvalue weighted by Crippen LogP contribution is 2.75. The third-order valence-electron chi connectivity index (χ3n) is 11.7. The van der Waals surface area contributed by atoms with E-state index in [1.54, 1.807) is 0 Å². The highest BCUT2D eigenvalue weighted by molar-refractivity contribution is 5.99. The number of carbonyl (C=O) groups is 1. The van der Waals surface area contributed by atoms with Crippen LogP contribution in [0, 0.1) is 28.1 Å². The summed E-state index contributed by atoms with van der Waals surface area (Å²) in [7, 11) is 0. The molecule has 2 spiro atoms. The van der Waals surface area contributed by atoms with Gasteiger partial charge in [-0.15, -0.1) is 0 Å². The Balaban J connectivity index is 1.44. The topological polar surface area (TPSA) is 35.5 Å². The molecule has 36 heavy (non-hydrogen) atoms. The highest BCUT2D eigenvalue weighted by atomic mass is 19.1. The van der Waals surface area contributed by atoms with Gasteiger partial charge in [0.05, 0.1) is 23.0 Å². The predicted octanol–water partition coefficient (Wildman–Crippen LogP) is 8.38. The van der Waals surface area contributed by atoms with Crippen molar-refractivity contribution in [2.75, 3.05) is 13.2 Å². The van der Waals surface area contributed by atoms with Gasteiger partial charge in [0, 0.05) is 13.2 Å². The average molecular weight is 505 g/mol. The van der Waals surface area contributed by atoms with Crippen molar-refractivity contribution in [3.63, 3.8) is 0 Å². The van der Waals surface area contributed by atoms with Crippen LogP contribution in [0.15, 0.2) is 0 Å². The molecule has 0 aliphatic heterocycles. The van der Waals surface area contributed by atoms with Gasteiger partial charge in [0.25, 0.3) is 0 Å². The predicted molar refractivity (Wildman–Crippen MR) is 143 cm³/mol. The molecule has 5 aliphatic rings. The molecule has 2 atom stereocenters. The van der Waals surface area contributed by atoms with E-state index in [9.17, 15) is 4.79 Å². The maximum atomic E-state index is 17.1. The molecule has 0 aromatic rings. The van der Waals surface area contributed by atoms with Gasteiger partial charge in [-0.05, 0) is 107 Å². The first-order chi connectivity index (χ1) is 17.5. The summed E-state index contributed by atoms with van der Waals surface area (Å²) in [5, 5.41) is 0. The number of hydrogen-bond acceptors (Lipinski definition) is 3. The largest absolute Gasteiger partial charge is 0.378 e. The number of Topliss-reactive ketones (excluding diaryl/α,β-unsaturated/α-hetero) is 1. The molecule has 0 unspecified atom stereocenters. The summed E-state index contributed by atoms with van der Waals surface area (Å²) in [4.78, 5) is 14.5. The molecule has 0 saturated heterocycles. The fraction of sp³-hybridized carbons (Fsp3) is 0.969. The van der Waals surface area contributed by atoms with Crippen molar-refractivity contribution in [1.29, 1.82) is 0 Å². The maximum Gasteiger partial charge on any atom is 0.151 e. The zero-order chi connectivity index (χ0) is 25.2. The van der Waals surface area contributed by atoms with Gasteiger partial charge in [0.2, 0.25) is 0 Å². The number of hydrogen-bond donors (Lipinski definition) is 0. The van der Waals surface area contributed by atoms with Crippen molar-refractivity contribution in [1.82, 2.24) is 0 Å². The molecule has 5 fully saturated rings. The molecule has 0 N–H and O–H groups in total. The van der Waals surface area contributed by atoms with Gasteiger partial charge < -0.3 is 9.47 Å². The lowest BCUT2D eigenvalue weighted by Gasteiger charge is -2.71. The fourth-order valence-corrected chi connectivity index (χ4v) is 10.2. The van der Waals surface area contributed by atoms with Gasteiger partial charge in [-0.3, -0.25) is 4.79 Å². The van der Waals surface area contributed by atoms with Crippen LogP contribution in [0.3, 0.4) is 0 Å². The number of alkyl halides is 1. The second-order valence-electron chi connectivity index (χ2n) is 13.3. The van der Waals surface area contributed by atoms with E-state index in [4.69, 9.17) is 9.47 Å². The molecular weight excluding hydrogens is 451 g/mol. The van der Waals surface area contributed by atoms with Crippen LogP contribution in [0.1, 0.15) is 136 Å². The monoisotopic (exact) mass is 504 g/mol. The van der Waals surface area contributed by atoms with Gasteiger partial charge >= 0.3 is 0 Å². The molecule has 0 amide bonds. The summed E-state index contributed by atoms with van der Waals surface area (Å²) < 4.78 is 29.4. The summed E-state index contributed by atoms with van der Waals surface area (Å²) in [6, 6.07) is 0. The first-order valence-corrected chi connectivity index (χ1v) is 16.0. The smallest absolute Gasteiger partial charge is 0.151 e. The molecule has 0 aromatic carbocycles. The van der Waals surface area contributed by atoms with E-state index in [1.807, 2.05) is 0 Å². The quantitative estimate of drug-likeness (QED) is 0.333. The Hall–Kier alpha value is -0.480. The summed E-state index contributed by atoms with van der Waals surface area (Å²) in [6.07, 6.45) is 19.7. The molecule has 4 heteroatoms. The van der Waals surface area contributed by atoms with E-state index in [0.29, 0.717) is 29.8 Å². The maximum absolute atomic E-state index is 17.1. The lowest BCUT2D eigenvalue weighted by atomic mass is 9.31. The van der Waals surface area contributed by atoms with E-state index in [2.05, 4.69) is 13.8 Å². The number of carbonyl (C=O) groups excluding carboxylic acids is 1. The van der Waals surface area contributed by atoms with Crippen molar-refractivity contribution in [2.45, 2.75) is 154 Å². The molecule has 3 nitrogen and oxygen atoms in total. The van der Waals surface area contributed by atoms with Gasteiger partial charge in [-0.25, -0.2) is 4.39 Å². The molecule has 0 heterocycles. The molecule has 5 aliphatic carbocycles. The lowest BCUT2D eigenvalue weighted by Crippen LogP contribution is -2.77. The van der Waals surface area contributed by atoms with E-state index < -0.39 is 17.0 Å². The third-order valence-corrected chi connectivity index (χ3v) is 11.7. The Labute approximate surface area is 220 Å². The summed E-state index contributed by atoms with van der Waals surface area (Å²) in [5.74, 6) is 1.33. The van der Waals surface area contributed by atoms with Gasteiger partial charge in [0.1, 0.15) is 6.17 Å². The van der Waals surface area contributed by atoms with E-state index in [0.717, 1.165) is 122 Å². The molecule has 0 radical (unpaired) electrons. The number of ether oxygens (including phenoxy) is 2. The molecular formula is C32H53FO3. The Morgan fingerprint density at radius 2 is 1.17 bits per heavy atom. The average Bonchev–Trinajstić information content (AvgIpc) is 2.95. The first-order valence-electron chi connectivity index (χ1n) is 16.0. The normalized spacial score (nSPS) is 43.0. The molecule has 5 saturated carbocycles. The molecule has 5 rings (SSSR count). The van der Waals surface area contributed by atoms with Gasteiger partial charge in [0.15, 0.2) is 5.78 Å². The van der Waals surface area contributed by atoms with Crippen molar-refractivity contribution in [3.05, 3.63) is 0 Å². The van der Waals surface area contributed by atoms with Crippen LogP contribution in [0.2, 0.25) is 0 Å². The van der Waals surface area contributed by atoms with Crippen LogP contribution in [0.4, 0.5) is 4.39 Å². The van der Waals surface area contributed by atoms with Crippen LogP contribution >= 0.6 is 0 Å². The van der Waals surface area contributed by atoms with E-state index in [1.165, 1.54) is 12.8 Å². The molecule has 0 aromatic heterocycles. The van der Waals surface area contributed by atoms with E-state index >= 15 is 4.39 Å². The summed E-state index contributed by atoms with van der Waals surface area (Å²) in [6.45, 7) is 6.05. The number of rotatable bonds is 8. The van der Waals surface area contributed by atoms with Crippen LogP contribution in [-0.2, 0) is 14.3 Å². The summed E-state index contributed by atoms with van der Waals surface area (Å²) >= 11 is 0. The third kappa shape index (κ3) is 4.23. The summed E-state index contributed by atoms with van der Waals surface area (Å²) in [5.41, 5.74) is -1.48. The number of halogens is 1. The van der Waals surface area contributed by atoms with Crippen LogP contribution < -0.4 is 0 Å². The zero-order valence-corrected chi connectivity index (χ0v) is 23.3. The van der Waals surface area contributed by atoms with Crippen LogP contribution in [-0.4, -0.2) is 37.4 Å². The second-order valence-corrected chi connectivity index (χ2v) is 13.3. The minimum atomic E-state index is -0.916. The Morgan fingerprint density at radius 3 is 1.64 bits per heavy atom. The Kier molecular flexibility index (Phi) is 8.53. The fourth-order valence-electron chi connectivity index (χ4n) is 10.2. The van der Waals surface area contributed by atoms with Crippen LogP contribution in [0.5, 0.6) is 0 Å². The van der Waals surface area contributed by atoms with E-state index in [-0.39, 0.29) is 5.41 Å². The molecule has 206 valence electrons. The minimum Gasteiger partial charge on any atom is -0.378 e. The number of ketones is 1. The Bertz CT molecular complexity index is 702. The Morgan fingerprint density at radius 1 is 0.694 bits per heavy atom. The van der Waals surface area contributed by atoms with Crippen LogP contribution in [0.25, 0.3) is 0 Å². The lowest BCUT2D eigenvalue weighted by molar-refractivity contribution is -0.247. The van der Waals surface area contributed by atoms with Crippen molar-refractivity contribution in [2.24, 2.45) is 28.1 Å². The standard InChI is InChI=1S/C32H53FO3/c1-3-22-35-26-14-10-24(11-15-26)31(25-12-16-27(17-13-25)36-23-4-2)20-8-9-21-32(31)28(33)30(29(32)34)18-6-5-7-19-30/h24-28H,3-23H2,1-2H3/t24?,25?,26?,27?,28-,31?,32+/m1/s1. The SMILES string of the molecule is CCCOC1CCC(C2(C3CCC(OCCC)CC3)CCCC[C@]23C(=O)C2(CCCCC2)[C@H]3F)CC1. The van der Waals surface area contributed by atoms with Gasteiger partial charge in [-0.2, -0.15) is 0 Å². The minimum absolute atomic E-state index is 0.143. The molecule has 0 bridgehead atoms.